The summed E-state index contributed by atoms with van der Waals surface area (Å²) in [5.74, 6) is -0.336. The number of hydrogen-bond acceptors (Lipinski definition) is 3. The Balaban J connectivity index is 1.95. The van der Waals surface area contributed by atoms with Gasteiger partial charge in [0.25, 0.3) is 5.91 Å². The molecule has 5 nitrogen and oxygen atoms in total. The van der Waals surface area contributed by atoms with Crippen LogP contribution in [0.3, 0.4) is 0 Å². The summed E-state index contributed by atoms with van der Waals surface area (Å²) in [7, 11) is 3.38. The fraction of sp³-hybridized carbons (Fsp3) is 0.176. The normalized spacial score (nSPS) is 10.2. The maximum atomic E-state index is 12.0. The number of rotatable bonds is 5. The van der Waals surface area contributed by atoms with Crippen molar-refractivity contribution in [1.82, 2.24) is 4.90 Å². The van der Waals surface area contributed by atoms with Crippen LogP contribution in [0, 0.1) is 0 Å². The molecule has 2 aromatic rings. The van der Waals surface area contributed by atoms with Gasteiger partial charge in [-0.1, -0.05) is 29.3 Å². The van der Waals surface area contributed by atoms with Crippen LogP contribution in [0.5, 0.6) is 0 Å². The van der Waals surface area contributed by atoms with Crippen molar-refractivity contribution in [2.24, 2.45) is 0 Å². The minimum Gasteiger partial charge on any atom is -0.376 e. The summed E-state index contributed by atoms with van der Waals surface area (Å²) in [4.78, 5) is 25.4. The maximum Gasteiger partial charge on any atom is 0.253 e. The van der Waals surface area contributed by atoms with Crippen molar-refractivity contribution in [3.05, 3.63) is 58.1 Å². The number of carbonyl (C=O) groups is 2. The van der Waals surface area contributed by atoms with Gasteiger partial charge < -0.3 is 15.5 Å². The van der Waals surface area contributed by atoms with Gasteiger partial charge in [0, 0.05) is 31.0 Å². The van der Waals surface area contributed by atoms with E-state index in [4.69, 9.17) is 23.2 Å². The number of benzene rings is 2. The van der Waals surface area contributed by atoms with Crippen LogP contribution in [0.15, 0.2) is 42.5 Å². The van der Waals surface area contributed by atoms with Crippen molar-refractivity contribution in [2.45, 2.75) is 0 Å². The van der Waals surface area contributed by atoms with Crippen LogP contribution >= 0.6 is 23.2 Å². The highest BCUT2D eigenvalue weighted by molar-refractivity contribution is 6.42. The molecule has 0 heterocycles. The lowest BCUT2D eigenvalue weighted by Crippen LogP contribution is -2.23. The molecule has 0 bridgehead atoms. The molecule has 126 valence electrons. The first-order valence-corrected chi connectivity index (χ1v) is 7.93. The van der Waals surface area contributed by atoms with E-state index in [1.807, 2.05) is 0 Å². The second-order valence-electron chi connectivity index (χ2n) is 5.31. The Labute approximate surface area is 150 Å². The Morgan fingerprint density at radius 3 is 2.42 bits per heavy atom. The molecule has 2 rings (SSSR count). The molecule has 24 heavy (non-hydrogen) atoms. The van der Waals surface area contributed by atoms with Gasteiger partial charge in [0.2, 0.25) is 5.91 Å². The topological polar surface area (TPSA) is 61.4 Å². The molecule has 2 amide bonds. The minimum atomic E-state index is -0.238. The van der Waals surface area contributed by atoms with Crippen molar-refractivity contribution >= 4 is 46.4 Å². The number of amides is 2. The third kappa shape index (κ3) is 4.88. The number of nitrogens with zero attached hydrogens (tertiary/aromatic N) is 1. The Morgan fingerprint density at radius 2 is 1.75 bits per heavy atom. The molecule has 0 fully saturated rings. The van der Waals surface area contributed by atoms with Gasteiger partial charge in [-0.2, -0.15) is 0 Å². The van der Waals surface area contributed by atoms with Gasteiger partial charge in [-0.3, -0.25) is 9.59 Å². The molecule has 2 aromatic carbocycles. The number of carbonyl (C=O) groups excluding carboxylic acids is 2. The standard InChI is InChI=1S/C17H17Cl2N3O2/c1-22(2)17(24)11-4-3-5-12(8-11)20-10-16(23)21-13-6-7-14(18)15(19)9-13/h3-9,20H,10H2,1-2H3,(H,21,23). The second kappa shape index (κ2) is 8.04. The quantitative estimate of drug-likeness (QED) is 0.847. The zero-order chi connectivity index (χ0) is 17.7. The largest absolute Gasteiger partial charge is 0.376 e. The number of halogens is 2. The Hall–Kier alpha value is -2.24. The van der Waals surface area contributed by atoms with E-state index in [2.05, 4.69) is 10.6 Å². The highest BCUT2D eigenvalue weighted by Crippen LogP contribution is 2.24. The zero-order valence-electron chi connectivity index (χ0n) is 13.3. The molecule has 0 radical (unpaired) electrons. The summed E-state index contributed by atoms with van der Waals surface area (Å²) in [5, 5.41) is 6.50. The molecule has 0 saturated heterocycles. The van der Waals surface area contributed by atoms with E-state index in [0.717, 1.165) is 0 Å². The van der Waals surface area contributed by atoms with Crippen molar-refractivity contribution in [1.29, 1.82) is 0 Å². The molecule has 0 aliphatic carbocycles. The molecule has 0 aromatic heterocycles. The van der Waals surface area contributed by atoms with Gasteiger partial charge in [-0.05, 0) is 36.4 Å². The minimum absolute atomic E-state index is 0.0554. The van der Waals surface area contributed by atoms with Gasteiger partial charge in [0.1, 0.15) is 0 Å². The van der Waals surface area contributed by atoms with Crippen molar-refractivity contribution in [3.63, 3.8) is 0 Å². The summed E-state index contributed by atoms with van der Waals surface area (Å²) < 4.78 is 0. The van der Waals surface area contributed by atoms with E-state index in [-0.39, 0.29) is 18.4 Å². The highest BCUT2D eigenvalue weighted by Gasteiger charge is 2.09. The molecule has 0 saturated carbocycles. The lowest BCUT2D eigenvalue weighted by Gasteiger charge is -2.12. The van der Waals surface area contributed by atoms with Crippen LogP contribution in [0.2, 0.25) is 10.0 Å². The van der Waals surface area contributed by atoms with Gasteiger partial charge in [0.05, 0.1) is 16.6 Å². The fourth-order valence-corrected chi connectivity index (χ4v) is 2.28. The number of nitrogens with one attached hydrogen (secondary N) is 2. The second-order valence-corrected chi connectivity index (χ2v) is 6.13. The van der Waals surface area contributed by atoms with Gasteiger partial charge in [-0.25, -0.2) is 0 Å². The molecule has 7 heteroatoms. The van der Waals surface area contributed by atoms with Crippen LogP contribution in [-0.4, -0.2) is 37.4 Å². The molecule has 0 unspecified atom stereocenters. The van der Waals surface area contributed by atoms with E-state index in [1.54, 1.807) is 56.6 Å². The third-order valence-corrected chi connectivity index (χ3v) is 3.91. The highest BCUT2D eigenvalue weighted by atomic mass is 35.5. The number of anilines is 2. The predicted molar refractivity (Wildman–Crippen MR) is 98.0 cm³/mol. The summed E-state index contributed by atoms with van der Waals surface area (Å²) in [6.07, 6.45) is 0. The monoisotopic (exact) mass is 365 g/mol. The average Bonchev–Trinajstić information content (AvgIpc) is 2.56. The molecular formula is C17H17Cl2N3O2. The zero-order valence-corrected chi connectivity index (χ0v) is 14.8. The predicted octanol–water partition coefficient (Wildman–Crippen LogP) is 3.75. The molecule has 0 atom stereocenters. The Morgan fingerprint density at radius 1 is 1.00 bits per heavy atom. The van der Waals surface area contributed by atoms with Crippen molar-refractivity contribution < 1.29 is 9.59 Å². The summed E-state index contributed by atoms with van der Waals surface area (Å²) in [5.41, 5.74) is 1.80. The Kier molecular flexibility index (Phi) is 6.06. The van der Waals surface area contributed by atoms with Crippen LogP contribution < -0.4 is 10.6 Å². The fourth-order valence-electron chi connectivity index (χ4n) is 1.98. The van der Waals surface area contributed by atoms with Gasteiger partial charge in [0.15, 0.2) is 0 Å². The first kappa shape index (κ1) is 18.1. The first-order valence-electron chi connectivity index (χ1n) is 7.17. The molecule has 2 N–H and O–H groups in total. The van der Waals surface area contributed by atoms with Gasteiger partial charge >= 0.3 is 0 Å². The van der Waals surface area contributed by atoms with E-state index in [9.17, 15) is 9.59 Å². The lowest BCUT2D eigenvalue weighted by atomic mass is 10.2. The van der Waals surface area contributed by atoms with Crippen molar-refractivity contribution in [3.8, 4) is 0 Å². The lowest BCUT2D eigenvalue weighted by molar-refractivity contribution is -0.114. The van der Waals surface area contributed by atoms with Crippen LogP contribution in [0.1, 0.15) is 10.4 Å². The number of hydrogen-bond donors (Lipinski definition) is 2. The van der Waals surface area contributed by atoms with Crippen molar-refractivity contribution in [2.75, 3.05) is 31.3 Å². The SMILES string of the molecule is CN(C)C(=O)c1cccc(NCC(=O)Nc2ccc(Cl)c(Cl)c2)c1. The third-order valence-electron chi connectivity index (χ3n) is 3.17. The van der Waals surface area contributed by atoms with E-state index in [0.29, 0.717) is 27.0 Å². The molecule has 0 aliphatic rings. The smallest absolute Gasteiger partial charge is 0.253 e. The van der Waals surface area contributed by atoms with E-state index >= 15 is 0 Å². The molecular weight excluding hydrogens is 349 g/mol. The average molecular weight is 366 g/mol. The maximum absolute atomic E-state index is 12.0. The molecule has 0 aliphatic heterocycles. The Bertz CT molecular complexity index is 763. The summed E-state index contributed by atoms with van der Waals surface area (Å²) >= 11 is 11.7. The molecule has 0 spiro atoms. The summed E-state index contributed by atoms with van der Waals surface area (Å²) in [6, 6.07) is 11.8. The van der Waals surface area contributed by atoms with E-state index in [1.165, 1.54) is 4.90 Å². The summed E-state index contributed by atoms with van der Waals surface area (Å²) in [6.45, 7) is 0.0554. The van der Waals surface area contributed by atoms with Crippen LogP contribution in [0.4, 0.5) is 11.4 Å². The van der Waals surface area contributed by atoms with Crippen LogP contribution in [-0.2, 0) is 4.79 Å². The first-order chi connectivity index (χ1) is 11.4. The van der Waals surface area contributed by atoms with Crippen LogP contribution in [0.25, 0.3) is 0 Å². The van der Waals surface area contributed by atoms with E-state index < -0.39 is 0 Å². The van der Waals surface area contributed by atoms with Gasteiger partial charge in [-0.15, -0.1) is 0 Å².